The van der Waals surface area contributed by atoms with Gasteiger partial charge in [0.05, 0.1) is 29.9 Å². The average Bonchev–Trinajstić information content (AvgIpc) is 3.42. The van der Waals surface area contributed by atoms with Crippen LogP contribution in [-0.2, 0) is 14.3 Å². The van der Waals surface area contributed by atoms with Crippen molar-refractivity contribution < 1.29 is 23.8 Å². The summed E-state index contributed by atoms with van der Waals surface area (Å²) in [6.07, 6.45) is 2.12. The van der Waals surface area contributed by atoms with Crippen LogP contribution in [0, 0.1) is 6.92 Å². The molecule has 5 rings (SSSR count). The number of hydrogen-bond acceptors (Lipinski definition) is 9. The van der Waals surface area contributed by atoms with Crippen molar-refractivity contribution in [3.63, 3.8) is 0 Å². The summed E-state index contributed by atoms with van der Waals surface area (Å²) in [5.41, 5.74) is 3.63. The molecule has 0 bridgehead atoms. The summed E-state index contributed by atoms with van der Waals surface area (Å²) in [5.74, 6) is 1.93. The molecule has 3 aromatic rings. The number of anilines is 2. The Kier molecular flexibility index (Phi) is 11.1. The first-order valence-corrected chi connectivity index (χ1v) is 17.0. The van der Waals surface area contributed by atoms with Crippen LogP contribution >= 0.6 is 27.7 Å². The third-order valence-electron chi connectivity index (χ3n) is 7.43. The molecule has 0 aliphatic carbocycles. The number of rotatable bonds is 12. The van der Waals surface area contributed by atoms with Gasteiger partial charge in [-0.25, -0.2) is 4.68 Å². The van der Waals surface area contributed by atoms with Crippen LogP contribution in [0.3, 0.4) is 0 Å². The highest BCUT2D eigenvalue weighted by Gasteiger charge is 2.35. The lowest BCUT2D eigenvalue weighted by atomic mass is 9.94. The van der Waals surface area contributed by atoms with Gasteiger partial charge in [0.1, 0.15) is 6.04 Å². The van der Waals surface area contributed by atoms with Crippen LogP contribution in [0.2, 0.25) is 0 Å². The minimum Gasteiger partial charge on any atom is -0.490 e. The van der Waals surface area contributed by atoms with Crippen LogP contribution < -0.4 is 20.1 Å². The van der Waals surface area contributed by atoms with Gasteiger partial charge in [-0.2, -0.15) is 4.98 Å². The number of halogens is 1. The van der Waals surface area contributed by atoms with E-state index in [1.165, 1.54) is 0 Å². The molecule has 2 aliphatic rings. The number of morpholine rings is 1. The lowest BCUT2D eigenvalue weighted by Gasteiger charge is -2.29. The fourth-order valence-electron chi connectivity index (χ4n) is 5.21. The van der Waals surface area contributed by atoms with E-state index in [4.69, 9.17) is 24.3 Å². The quantitative estimate of drug-likeness (QED) is 0.179. The van der Waals surface area contributed by atoms with Gasteiger partial charge in [0.15, 0.2) is 18.1 Å². The minimum atomic E-state index is -0.626. The zero-order valence-electron chi connectivity index (χ0n) is 26.0. The number of benzene rings is 2. The number of amides is 2. The maximum atomic E-state index is 14.0. The monoisotopic (exact) mass is 698 g/mol. The molecule has 1 saturated heterocycles. The molecule has 2 aliphatic heterocycles. The smallest absolute Gasteiger partial charge is 0.260 e. The normalized spacial score (nSPS) is 16.2. The van der Waals surface area contributed by atoms with Crippen molar-refractivity contribution in [2.75, 3.05) is 55.9 Å². The van der Waals surface area contributed by atoms with E-state index in [2.05, 4.69) is 33.5 Å². The molecule has 0 radical (unpaired) electrons. The Morgan fingerprint density at radius 3 is 2.69 bits per heavy atom. The zero-order valence-corrected chi connectivity index (χ0v) is 28.4. The maximum absolute atomic E-state index is 14.0. The number of ether oxygens (including phenoxy) is 3. The van der Waals surface area contributed by atoms with E-state index < -0.39 is 6.04 Å². The van der Waals surface area contributed by atoms with Crippen molar-refractivity contribution in [1.82, 2.24) is 19.7 Å². The Bertz CT molecular complexity index is 1570. The maximum Gasteiger partial charge on any atom is 0.260 e. The summed E-state index contributed by atoms with van der Waals surface area (Å²) in [4.78, 5) is 33.3. The van der Waals surface area contributed by atoms with E-state index in [9.17, 15) is 9.59 Å². The first-order chi connectivity index (χ1) is 21.8. The second kappa shape index (κ2) is 15.2. The fourth-order valence-corrected chi connectivity index (χ4v) is 6.70. The molecule has 3 heterocycles. The molecule has 240 valence electrons. The summed E-state index contributed by atoms with van der Waals surface area (Å²) in [7, 11) is 0. The summed E-state index contributed by atoms with van der Waals surface area (Å²) in [6.45, 7) is 10.2. The Balaban J connectivity index is 1.51. The van der Waals surface area contributed by atoms with Crippen molar-refractivity contribution >= 4 is 51.1 Å². The van der Waals surface area contributed by atoms with E-state index >= 15 is 0 Å². The molecule has 11 nitrogen and oxygen atoms in total. The predicted molar refractivity (Wildman–Crippen MR) is 178 cm³/mol. The molecule has 1 aromatic heterocycles. The standard InChI is InChI=1S/C32H39BrN6O5S/c1-5-7-15-45-32-36-31-34-21(4)27(30(41)35-23-10-8-9-20(3)16-23)28(39(31)37-32)22-17-24(33)29(25(18-22)43-6-2)44-19-26(40)38-11-13-42-14-12-38/h8-10,16-18,28H,5-7,11-15,19H2,1-4H3,(H,35,41)(H,34,36,37). The van der Waals surface area contributed by atoms with Gasteiger partial charge in [0.2, 0.25) is 11.1 Å². The van der Waals surface area contributed by atoms with Gasteiger partial charge in [-0.15, -0.1) is 5.10 Å². The van der Waals surface area contributed by atoms with Crippen molar-refractivity contribution in [1.29, 1.82) is 0 Å². The van der Waals surface area contributed by atoms with Crippen molar-refractivity contribution in [2.45, 2.75) is 51.7 Å². The van der Waals surface area contributed by atoms with E-state index in [0.29, 0.717) is 76.9 Å². The third-order valence-corrected chi connectivity index (χ3v) is 8.95. The summed E-state index contributed by atoms with van der Waals surface area (Å²) in [6, 6.07) is 10.8. The number of nitrogens with zero attached hydrogens (tertiary/aromatic N) is 4. The molecule has 1 fully saturated rings. The molecular weight excluding hydrogens is 660 g/mol. The van der Waals surface area contributed by atoms with Crippen LogP contribution in [0.4, 0.5) is 11.6 Å². The molecule has 1 atom stereocenters. The van der Waals surface area contributed by atoms with Crippen LogP contribution in [0.15, 0.2) is 57.3 Å². The fraction of sp³-hybridized carbons (Fsp3) is 0.438. The van der Waals surface area contributed by atoms with Gasteiger partial charge in [0.25, 0.3) is 11.8 Å². The lowest BCUT2D eigenvalue weighted by molar-refractivity contribution is -0.137. The van der Waals surface area contributed by atoms with Crippen molar-refractivity contribution in [3.8, 4) is 11.5 Å². The van der Waals surface area contributed by atoms with Crippen molar-refractivity contribution in [2.24, 2.45) is 0 Å². The topological polar surface area (TPSA) is 120 Å². The zero-order chi connectivity index (χ0) is 31.9. The predicted octanol–water partition coefficient (Wildman–Crippen LogP) is 5.81. The highest BCUT2D eigenvalue weighted by Crippen LogP contribution is 2.43. The van der Waals surface area contributed by atoms with Gasteiger partial charge >= 0.3 is 0 Å². The van der Waals surface area contributed by atoms with Crippen LogP contribution in [0.1, 0.15) is 50.8 Å². The van der Waals surface area contributed by atoms with E-state index in [-0.39, 0.29) is 18.4 Å². The molecule has 1 unspecified atom stereocenters. The molecule has 0 spiro atoms. The van der Waals surface area contributed by atoms with Gasteiger partial charge in [-0.1, -0.05) is 37.2 Å². The molecule has 0 saturated carbocycles. The number of carbonyl (C=O) groups excluding carboxylic acids is 2. The van der Waals surface area contributed by atoms with Gasteiger partial charge in [0, 0.05) is 30.2 Å². The Morgan fingerprint density at radius 1 is 1.16 bits per heavy atom. The van der Waals surface area contributed by atoms with E-state index in [1.54, 1.807) is 21.3 Å². The SMILES string of the molecule is CCCCSc1nc2n(n1)C(c1cc(Br)c(OCC(=O)N3CCOCC3)c(OCC)c1)C(C(=O)Nc1cccc(C)c1)=C(C)N2. The van der Waals surface area contributed by atoms with Crippen LogP contribution in [0.25, 0.3) is 0 Å². The second-order valence-corrected chi connectivity index (χ2v) is 12.7. The lowest BCUT2D eigenvalue weighted by Crippen LogP contribution is -2.43. The Hall–Kier alpha value is -3.55. The largest absolute Gasteiger partial charge is 0.490 e. The Labute approximate surface area is 276 Å². The molecule has 13 heteroatoms. The van der Waals surface area contributed by atoms with Crippen LogP contribution in [-0.4, -0.2) is 76.7 Å². The minimum absolute atomic E-state index is 0.121. The molecule has 2 N–H and O–H groups in total. The highest BCUT2D eigenvalue weighted by molar-refractivity contribution is 9.10. The number of unbranched alkanes of at least 4 members (excludes halogenated alkanes) is 1. The molecule has 2 aromatic carbocycles. The number of fused-ring (bicyclic) bond motifs is 1. The number of aryl methyl sites for hydroxylation is 1. The highest BCUT2D eigenvalue weighted by atomic mass is 79.9. The molecule has 2 amide bonds. The summed E-state index contributed by atoms with van der Waals surface area (Å²) in [5, 5.41) is 11.9. The molecule has 45 heavy (non-hydrogen) atoms. The average molecular weight is 700 g/mol. The number of nitrogens with one attached hydrogen (secondary N) is 2. The summed E-state index contributed by atoms with van der Waals surface area (Å²) >= 11 is 5.26. The first-order valence-electron chi connectivity index (χ1n) is 15.2. The number of allylic oxidation sites excluding steroid dienone is 1. The van der Waals surface area contributed by atoms with Crippen molar-refractivity contribution in [3.05, 3.63) is 63.3 Å². The summed E-state index contributed by atoms with van der Waals surface area (Å²) < 4.78 is 19.8. The second-order valence-electron chi connectivity index (χ2n) is 10.8. The number of hydrogen-bond donors (Lipinski definition) is 2. The van der Waals surface area contributed by atoms with Gasteiger partial charge in [-0.05, 0) is 78.5 Å². The Morgan fingerprint density at radius 2 is 1.96 bits per heavy atom. The van der Waals surface area contributed by atoms with Gasteiger partial charge < -0.3 is 29.7 Å². The van der Waals surface area contributed by atoms with E-state index in [1.807, 2.05) is 57.2 Å². The van der Waals surface area contributed by atoms with Gasteiger partial charge in [-0.3, -0.25) is 9.59 Å². The number of aromatic nitrogens is 3. The first kappa shape index (κ1) is 32.8. The molecular formula is C32H39BrN6O5S. The van der Waals surface area contributed by atoms with Crippen LogP contribution in [0.5, 0.6) is 11.5 Å². The number of carbonyl (C=O) groups is 2. The number of thioether (sulfide) groups is 1. The third kappa shape index (κ3) is 7.82. The van der Waals surface area contributed by atoms with E-state index in [0.717, 1.165) is 29.7 Å².